The highest BCUT2D eigenvalue weighted by atomic mass is 28.4. The van der Waals surface area contributed by atoms with Crippen LogP contribution in [0.25, 0.3) is 0 Å². The van der Waals surface area contributed by atoms with Crippen molar-refractivity contribution in [1.29, 1.82) is 0 Å². The first-order valence-electron chi connectivity index (χ1n) is 6.48. The first-order valence-corrected chi connectivity index (χ1v) is 8.51. The summed E-state index contributed by atoms with van der Waals surface area (Å²) in [6, 6.07) is 9.35. The zero-order valence-corrected chi connectivity index (χ0v) is 12.9. The smallest absolute Gasteiger partial charge is 0.384 e. The van der Waals surface area contributed by atoms with Crippen LogP contribution in [-0.2, 0) is 13.6 Å². The molecule has 0 aliphatic carbocycles. The average molecular weight is 282 g/mol. The minimum atomic E-state index is -2.96. The second kappa shape index (κ2) is 6.84. The average Bonchev–Trinajstić information content (AvgIpc) is 2.27. The lowest BCUT2D eigenvalue weighted by molar-refractivity contribution is -0.135. The summed E-state index contributed by atoms with van der Waals surface area (Å²) in [5.41, 5.74) is 0. The van der Waals surface area contributed by atoms with Crippen molar-refractivity contribution >= 4 is 19.7 Å². The number of hydrogen-bond acceptors (Lipinski definition) is 3. The predicted molar refractivity (Wildman–Crippen MR) is 76.7 cm³/mol. The third-order valence-electron chi connectivity index (χ3n) is 2.45. The van der Waals surface area contributed by atoms with Crippen LogP contribution in [0.1, 0.15) is 27.7 Å². The van der Waals surface area contributed by atoms with Gasteiger partial charge in [-0.05, 0) is 32.9 Å². The normalized spacial score (nSPS) is 12.1. The molecule has 4 nitrogen and oxygen atoms in total. The number of aliphatic carboxylic acids is 1. The summed E-state index contributed by atoms with van der Waals surface area (Å²) >= 11 is 0. The molecular formula is C14H22O4Si. The summed E-state index contributed by atoms with van der Waals surface area (Å²) in [4.78, 5) is 11.2. The maximum atomic E-state index is 11.2. The van der Waals surface area contributed by atoms with Crippen molar-refractivity contribution in [2.75, 3.05) is 0 Å². The van der Waals surface area contributed by atoms with E-state index < -0.39 is 14.5 Å². The molecule has 0 saturated carbocycles. The van der Waals surface area contributed by atoms with Crippen LogP contribution < -0.4 is 5.19 Å². The van der Waals surface area contributed by atoms with Gasteiger partial charge in [-0.2, -0.15) is 0 Å². The lowest BCUT2D eigenvalue weighted by atomic mass is 10.4. The summed E-state index contributed by atoms with van der Waals surface area (Å²) < 4.78 is 12.0. The SMILES string of the molecule is CC(C)O[Si](CC(=O)O)(OC(C)C)c1ccccc1. The number of carboxylic acids is 1. The molecule has 0 aromatic heterocycles. The van der Waals surface area contributed by atoms with Crippen LogP contribution >= 0.6 is 0 Å². The number of rotatable bonds is 7. The van der Waals surface area contributed by atoms with Gasteiger partial charge in [0.25, 0.3) is 0 Å². The molecule has 0 fully saturated rings. The minimum Gasteiger partial charge on any atom is -0.481 e. The molecule has 0 bridgehead atoms. The molecule has 1 aromatic carbocycles. The zero-order valence-electron chi connectivity index (χ0n) is 11.9. The number of carboxylic acid groups (broad SMARTS) is 1. The molecule has 0 aliphatic heterocycles. The lowest BCUT2D eigenvalue weighted by Crippen LogP contribution is -2.57. The first-order chi connectivity index (χ1) is 8.85. The van der Waals surface area contributed by atoms with Crippen molar-refractivity contribution in [2.24, 2.45) is 0 Å². The van der Waals surface area contributed by atoms with Crippen LogP contribution in [0.3, 0.4) is 0 Å². The molecule has 1 aromatic rings. The van der Waals surface area contributed by atoms with Gasteiger partial charge < -0.3 is 14.0 Å². The van der Waals surface area contributed by atoms with Gasteiger partial charge >= 0.3 is 14.5 Å². The molecule has 0 saturated heterocycles. The molecule has 0 amide bonds. The van der Waals surface area contributed by atoms with E-state index in [1.54, 1.807) is 0 Å². The summed E-state index contributed by atoms with van der Waals surface area (Å²) in [7, 11) is -2.96. The van der Waals surface area contributed by atoms with Gasteiger partial charge in [-0.25, -0.2) is 0 Å². The van der Waals surface area contributed by atoms with Crippen molar-refractivity contribution in [2.45, 2.75) is 45.9 Å². The Morgan fingerprint density at radius 2 is 1.58 bits per heavy atom. The fourth-order valence-electron chi connectivity index (χ4n) is 2.00. The number of carbonyl (C=O) groups is 1. The van der Waals surface area contributed by atoms with Gasteiger partial charge in [0.05, 0.1) is 6.04 Å². The van der Waals surface area contributed by atoms with Crippen LogP contribution in [0, 0.1) is 0 Å². The fourth-order valence-corrected chi connectivity index (χ4v) is 5.32. The van der Waals surface area contributed by atoms with Crippen LogP contribution in [0.15, 0.2) is 30.3 Å². The van der Waals surface area contributed by atoms with Crippen molar-refractivity contribution < 1.29 is 18.8 Å². The van der Waals surface area contributed by atoms with Gasteiger partial charge in [-0.15, -0.1) is 0 Å². The van der Waals surface area contributed by atoms with E-state index in [1.807, 2.05) is 58.0 Å². The van der Waals surface area contributed by atoms with E-state index in [4.69, 9.17) is 8.85 Å². The van der Waals surface area contributed by atoms with E-state index in [9.17, 15) is 9.90 Å². The topological polar surface area (TPSA) is 55.8 Å². The molecule has 0 spiro atoms. The molecule has 0 aliphatic rings. The van der Waals surface area contributed by atoms with E-state index >= 15 is 0 Å². The van der Waals surface area contributed by atoms with E-state index in [-0.39, 0.29) is 18.3 Å². The largest absolute Gasteiger partial charge is 0.481 e. The lowest BCUT2D eigenvalue weighted by Gasteiger charge is -2.33. The first kappa shape index (κ1) is 15.9. The summed E-state index contributed by atoms with van der Waals surface area (Å²) in [6.45, 7) is 7.60. The molecule has 5 heteroatoms. The van der Waals surface area contributed by atoms with E-state index in [2.05, 4.69) is 0 Å². The third kappa shape index (κ3) is 4.78. The highest BCUT2D eigenvalue weighted by molar-refractivity contribution is 6.83. The highest BCUT2D eigenvalue weighted by Crippen LogP contribution is 2.19. The number of hydrogen-bond donors (Lipinski definition) is 1. The maximum absolute atomic E-state index is 11.2. The molecule has 1 rings (SSSR count). The Balaban J connectivity index is 3.20. The Morgan fingerprint density at radius 1 is 1.11 bits per heavy atom. The molecule has 0 atom stereocenters. The molecule has 0 radical (unpaired) electrons. The van der Waals surface area contributed by atoms with Gasteiger partial charge in [-0.1, -0.05) is 30.3 Å². The third-order valence-corrected chi connectivity index (χ3v) is 6.13. The number of benzene rings is 1. The second-order valence-corrected chi connectivity index (χ2v) is 7.93. The molecule has 19 heavy (non-hydrogen) atoms. The Labute approximate surface area is 115 Å². The maximum Gasteiger partial charge on any atom is 0.384 e. The summed E-state index contributed by atoms with van der Waals surface area (Å²) in [5, 5.41) is 10.1. The van der Waals surface area contributed by atoms with Gasteiger partial charge in [0.1, 0.15) is 0 Å². The Hall–Kier alpha value is -1.17. The Bertz CT molecular complexity index is 393. The molecule has 0 heterocycles. The molecule has 0 unspecified atom stereocenters. The van der Waals surface area contributed by atoms with E-state index in [0.717, 1.165) is 5.19 Å². The predicted octanol–water partition coefficient (Wildman–Crippen LogP) is 2.27. The van der Waals surface area contributed by atoms with Gasteiger partial charge in [-0.3, -0.25) is 4.79 Å². The van der Waals surface area contributed by atoms with Crippen molar-refractivity contribution in [3.63, 3.8) is 0 Å². The van der Waals surface area contributed by atoms with Crippen LogP contribution in [-0.4, -0.2) is 31.8 Å². The molecule has 1 N–H and O–H groups in total. The van der Waals surface area contributed by atoms with Gasteiger partial charge in [0, 0.05) is 12.2 Å². The van der Waals surface area contributed by atoms with Gasteiger partial charge in [0.15, 0.2) is 0 Å². The fraction of sp³-hybridized carbons (Fsp3) is 0.500. The van der Waals surface area contributed by atoms with Crippen LogP contribution in [0.5, 0.6) is 0 Å². The molecular weight excluding hydrogens is 260 g/mol. The standard InChI is InChI=1S/C14H22O4Si/c1-11(2)17-19(10-14(15)16,18-12(3)4)13-8-6-5-7-9-13/h5-9,11-12H,10H2,1-4H3,(H,15,16). The van der Waals surface area contributed by atoms with Crippen LogP contribution in [0.2, 0.25) is 6.04 Å². The monoisotopic (exact) mass is 282 g/mol. The minimum absolute atomic E-state index is 0.0787. The second-order valence-electron chi connectivity index (χ2n) is 5.02. The highest BCUT2D eigenvalue weighted by Gasteiger charge is 2.44. The van der Waals surface area contributed by atoms with E-state index in [1.165, 1.54) is 0 Å². The van der Waals surface area contributed by atoms with Crippen molar-refractivity contribution in [3.05, 3.63) is 30.3 Å². The van der Waals surface area contributed by atoms with Crippen molar-refractivity contribution in [3.8, 4) is 0 Å². The Kier molecular flexibility index (Phi) is 5.72. The van der Waals surface area contributed by atoms with Gasteiger partial charge in [0.2, 0.25) is 0 Å². The van der Waals surface area contributed by atoms with E-state index in [0.29, 0.717) is 0 Å². The zero-order chi connectivity index (χ0) is 14.5. The summed E-state index contributed by atoms with van der Waals surface area (Å²) in [6.07, 6.45) is -0.157. The summed E-state index contributed by atoms with van der Waals surface area (Å²) in [5.74, 6) is -0.892. The van der Waals surface area contributed by atoms with Crippen molar-refractivity contribution in [1.82, 2.24) is 0 Å². The molecule has 106 valence electrons. The quantitative estimate of drug-likeness (QED) is 0.780. The Morgan fingerprint density at radius 3 is 1.95 bits per heavy atom. The van der Waals surface area contributed by atoms with Crippen LogP contribution in [0.4, 0.5) is 0 Å².